The average molecular weight is 640 g/mol. The molecule has 0 saturated carbocycles. The Balaban J connectivity index is 1.13. The first-order chi connectivity index (χ1) is 24.8. The molecule has 50 heavy (non-hydrogen) atoms. The molecule has 0 aliphatic heterocycles. The molecule has 0 unspecified atom stereocenters. The zero-order chi connectivity index (χ0) is 33.3. The predicted molar refractivity (Wildman–Crippen MR) is 210 cm³/mol. The fourth-order valence-electron chi connectivity index (χ4n) is 6.93. The number of nitrogens with zero attached hydrogens (tertiary/aromatic N) is 1. The smallest absolute Gasteiger partial charge is 0.135 e. The zero-order valence-corrected chi connectivity index (χ0v) is 27.4. The van der Waals surface area contributed by atoms with Crippen molar-refractivity contribution in [3.05, 3.63) is 200 Å². The molecule has 1 heterocycles. The van der Waals surface area contributed by atoms with Crippen molar-refractivity contribution in [3.63, 3.8) is 0 Å². The summed E-state index contributed by atoms with van der Waals surface area (Å²) in [6, 6.07) is 71.2. The van der Waals surface area contributed by atoms with E-state index in [-0.39, 0.29) is 0 Å². The quantitative estimate of drug-likeness (QED) is 0.173. The molecule has 0 saturated heterocycles. The number of furan rings is 1. The van der Waals surface area contributed by atoms with Gasteiger partial charge in [-0.05, 0) is 93.2 Å². The molecule has 236 valence electrons. The Morgan fingerprint density at radius 1 is 0.320 bits per heavy atom. The van der Waals surface area contributed by atoms with E-state index >= 15 is 0 Å². The van der Waals surface area contributed by atoms with Gasteiger partial charge in [0.15, 0.2) is 0 Å². The van der Waals surface area contributed by atoms with Crippen LogP contribution in [0.1, 0.15) is 0 Å². The maximum Gasteiger partial charge on any atom is 0.135 e. The fraction of sp³-hybridized carbons (Fsp3) is 0. The van der Waals surface area contributed by atoms with E-state index in [1.165, 1.54) is 33.0 Å². The van der Waals surface area contributed by atoms with Crippen LogP contribution >= 0.6 is 0 Å². The van der Waals surface area contributed by atoms with Crippen molar-refractivity contribution in [2.45, 2.75) is 0 Å². The van der Waals surface area contributed by atoms with Gasteiger partial charge in [-0.2, -0.15) is 0 Å². The Bertz CT molecular complexity index is 2560. The molecule has 0 radical (unpaired) electrons. The molecular formula is C48H33NO. The van der Waals surface area contributed by atoms with Crippen molar-refractivity contribution in [3.8, 4) is 44.7 Å². The lowest BCUT2D eigenvalue weighted by molar-refractivity contribution is 0.631. The van der Waals surface area contributed by atoms with Gasteiger partial charge in [0, 0.05) is 27.9 Å². The van der Waals surface area contributed by atoms with Crippen molar-refractivity contribution >= 4 is 38.8 Å². The Morgan fingerprint density at radius 2 is 0.940 bits per heavy atom. The van der Waals surface area contributed by atoms with Gasteiger partial charge in [0.1, 0.15) is 11.3 Å². The molecule has 0 aliphatic carbocycles. The van der Waals surface area contributed by atoms with E-state index in [1.807, 2.05) is 18.2 Å². The average Bonchev–Trinajstić information content (AvgIpc) is 3.64. The topological polar surface area (TPSA) is 16.4 Å². The summed E-state index contributed by atoms with van der Waals surface area (Å²) < 4.78 is 6.20. The standard InChI is InChI=1S/C48H33NO/c1-2-13-36(14-3-1)45-21-7-8-22-46(45)49(44-20-11-18-39(32-44)40-25-24-34-12-4-5-15-37(34)30-40)43-28-26-35(27-29-43)38-17-10-19-41(31-38)48-33-42-16-6-9-23-47(42)50-48/h1-33H. The van der Waals surface area contributed by atoms with Gasteiger partial charge in [0.05, 0.1) is 5.69 Å². The summed E-state index contributed by atoms with van der Waals surface area (Å²) in [7, 11) is 0. The highest BCUT2D eigenvalue weighted by Crippen LogP contribution is 2.42. The summed E-state index contributed by atoms with van der Waals surface area (Å²) in [5.74, 6) is 0.875. The second kappa shape index (κ2) is 12.8. The van der Waals surface area contributed by atoms with Crippen molar-refractivity contribution in [1.29, 1.82) is 0 Å². The number of anilines is 3. The Hall–Kier alpha value is -6.64. The van der Waals surface area contributed by atoms with Gasteiger partial charge in [-0.1, -0.05) is 146 Å². The molecular weight excluding hydrogens is 607 g/mol. The normalized spacial score (nSPS) is 11.2. The lowest BCUT2D eigenvalue weighted by Gasteiger charge is -2.28. The minimum atomic E-state index is 0.875. The first-order valence-electron chi connectivity index (χ1n) is 17.0. The number of rotatable bonds is 7. The second-order valence-corrected chi connectivity index (χ2v) is 12.6. The molecule has 0 fully saturated rings. The van der Waals surface area contributed by atoms with E-state index in [1.54, 1.807) is 0 Å². The third-order valence-corrected chi connectivity index (χ3v) is 9.45. The van der Waals surface area contributed by atoms with Crippen molar-refractivity contribution in [2.24, 2.45) is 0 Å². The number of hydrogen-bond donors (Lipinski definition) is 0. The Morgan fingerprint density at radius 3 is 1.78 bits per heavy atom. The summed E-state index contributed by atoms with van der Waals surface area (Å²) in [6.07, 6.45) is 0. The number of hydrogen-bond acceptors (Lipinski definition) is 2. The van der Waals surface area contributed by atoms with Crippen molar-refractivity contribution < 1.29 is 4.42 Å². The van der Waals surface area contributed by atoms with E-state index in [9.17, 15) is 0 Å². The molecule has 1 aromatic heterocycles. The van der Waals surface area contributed by atoms with E-state index < -0.39 is 0 Å². The van der Waals surface area contributed by atoms with Gasteiger partial charge in [-0.15, -0.1) is 0 Å². The van der Waals surface area contributed by atoms with Crippen LogP contribution in [0.4, 0.5) is 17.1 Å². The largest absolute Gasteiger partial charge is 0.456 e. The predicted octanol–water partition coefficient (Wildman–Crippen LogP) is 13.7. The second-order valence-electron chi connectivity index (χ2n) is 12.6. The van der Waals surface area contributed by atoms with Crippen LogP contribution in [0.3, 0.4) is 0 Å². The van der Waals surface area contributed by atoms with E-state index in [2.05, 4.69) is 187 Å². The van der Waals surface area contributed by atoms with Crippen LogP contribution in [-0.2, 0) is 0 Å². The highest BCUT2D eigenvalue weighted by atomic mass is 16.3. The molecule has 2 nitrogen and oxygen atoms in total. The summed E-state index contributed by atoms with van der Waals surface area (Å²) in [5.41, 5.74) is 12.3. The molecule has 9 rings (SSSR count). The third-order valence-electron chi connectivity index (χ3n) is 9.45. The minimum Gasteiger partial charge on any atom is -0.456 e. The molecule has 2 heteroatoms. The van der Waals surface area contributed by atoms with Gasteiger partial charge < -0.3 is 9.32 Å². The Kier molecular flexibility index (Phi) is 7.53. The van der Waals surface area contributed by atoms with Crippen LogP contribution in [-0.4, -0.2) is 0 Å². The Labute approximate surface area is 292 Å². The van der Waals surface area contributed by atoms with E-state index in [0.29, 0.717) is 0 Å². The van der Waals surface area contributed by atoms with Crippen LogP contribution in [0.5, 0.6) is 0 Å². The van der Waals surface area contributed by atoms with E-state index in [4.69, 9.17) is 4.42 Å². The summed E-state index contributed by atoms with van der Waals surface area (Å²) in [4.78, 5) is 2.38. The highest BCUT2D eigenvalue weighted by Gasteiger charge is 2.18. The first-order valence-corrected chi connectivity index (χ1v) is 17.0. The number of para-hydroxylation sites is 2. The number of fused-ring (bicyclic) bond motifs is 2. The summed E-state index contributed by atoms with van der Waals surface area (Å²) in [6.45, 7) is 0. The van der Waals surface area contributed by atoms with Gasteiger partial charge in [0.25, 0.3) is 0 Å². The molecule has 9 aromatic rings. The maximum atomic E-state index is 6.20. The SMILES string of the molecule is c1ccc(-c2ccccc2N(c2ccc(-c3cccc(-c4cc5ccccc5o4)c3)cc2)c2cccc(-c3ccc4ccccc4c3)c2)cc1. The summed E-state index contributed by atoms with van der Waals surface area (Å²) >= 11 is 0. The van der Waals surface area contributed by atoms with Gasteiger partial charge in [-0.3, -0.25) is 0 Å². The van der Waals surface area contributed by atoms with Gasteiger partial charge in [0.2, 0.25) is 0 Å². The zero-order valence-electron chi connectivity index (χ0n) is 27.4. The van der Waals surface area contributed by atoms with Crippen LogP contribution < -0.4 is 4.90 Å². The van der Waals surface area contributed by atoms with Crippen molar-refractivity contribution in [2.75, 3.05) is 4.90 Å². The monoisotopic (exact) mass is 639 g/mol. The lowest BCUT2D eigenvalue weighted by atomic mass is 9.98. The van der Waals surface area contributed by atoms with Crippen LogP contribution in [0.2, 0.25) is 0 Å². The molecule has 8 aromatic carbocycles. The number of benzene rings is 8. The molecule has 0 atom stereocenters. The van der Waals surface area contributed by atoms with Crippen molar-refractivity contribution in [1.82, 2.24) is 0 Å². The van der Waals surface area contributed by atoms with Crippen LogP contribution in [0, 0.1) is 0 Å². The third kappa shape index (κ3) is 5.63. The highest BCUT2D eigenvalue weighted by molar-refractivity contribution is 5.91. The first kappa shape index (κ1) is 29.5. The maximum absolute atomic E-state index is 6.20. The molecule has 0 N–H and O–H groups in total. The fourth-order valence-corrected chi connectivity index (χ4v) is 6.93. The molecule has 0 amide bonds. The van der Waals surface area contributed by atoms with Crippen LogP contribution in [0.25, 0.3) is 66.4 Å². The summed E-state index contributed by atoms with van der Waals surface area (Å²) in [5, 5.41) is 3.59. The van der Waals surface area contributed by atoms with Crippen LogP contribution in [0.15, 0.2) is 205 Å². The minimum absolute atomic E-state index is 0.875. The molecule has 0 aliphatic rings. The van der Waals surface area contributed by atoms with E-state index in [0.717, 1.165) is 50.5 Å². The van der Waals surface area contributed by atoms with Gasteiger partial charge >= 0.3 is 0 Å². The lowest BCUT2D eigenvalue weighted by Crippen LogP contribution is -2.11. The molecule has 0 spiro atoms. The van der Waals surface area contributed by atoms with Gasteiger partial charge in [-0.25, -0.2) is 0 Å². The molecule has 0 bridgehead atoms.